The summed E-state index contributed by atoms with van der Waals surface area (Å²) in [5.41, 5.74) is 2.69. The van der Waals surface area contributed by atoms with Crippen LogP contribution in [0.3, 0.4) is 0 Å². The molecule has 2 atom stereocenters. The van der Waals surface area contributed by atoms with Gasteiger partial charge in [-0.1, -0.05) is 18.2 Å². The zero-order valence-corrected chi connectivity index (χ0v) is 10.9. The molecule has 17 heavy (non-hydrogen) atoms. The van der Waals surface area contributed by atoms with Gasteiger partial charge >= 0.3 is 0 Å². The number of nitrogens with one attached hydrogen (secondary N) is 1. The maximum Gasteiger partial charge on any atom is 0.0726 e. The molecule has 0 saturated carbocycles. The molecule has 3 heteroatoms. The van der Waals surface area contributed by atoms with Crippen molar-refractivity contribution in [2.45, 2.75) is 32.6 Å². The maximum atomic E-state index is 5.78. The highest BCUT2D eigenvalue weighted by molar-refractivity contribution is 5.54. The van der Waals surface area contributed by atoms with Gasteiger partial charge in [-0.15, -0.1) is 0 Å². The van der Waals surface area contributed by atoms with E-state index in [1.54, 1.807) is 0 Å². The molecule has 1 fully saturated rings. The zero-order chi connectivity index (χ0) is 12.3. The van der Waals surface area contributed by atoms with Crippen molar-refractivity contribution in [1.29, 1.82) is 0 Å². The normalized spacial score (nSPS) is 25.0. The van der Waals surface area contributed by atoms with E-state index in [1.807, 2.05) is 7.05 Å². The molecule has 1 N–H and O–H groups in total. The van der Waals surface area contributed by atoms with Crippen LogP contribution in [0.2, 0.25) is 0 Å². The topological polar surface area (TPSA) is 24.5 Å². The minimum atomic E-state index is 0.307. The van der Waals surface area contributed by atoms with E-state index in [4.69, 9.17) is 4.74 Å². The number of ether oxygens (including phenoxy) is 1. The van der Waals surface area contributed by atoms with E-state index in [-0.39, 0.29) is 0 Å². The number of nitrogens with zero attached hydrogens (tertiary/aromatic N) is 1. The van der Waals surface area contributed by atoms with Crippen molar-refractivity contribution in [2.75, 3.05) is 25.0 Å². The summed E-state index contributed by atoms with van der Waals surface area (Å²) in [5, 5.41) is 3.23. The van der Waals surface area contributed by atoms with E-state index in [1.165, 1.54) is 11.3 Å². The van der Waals surface area contributed by atoms with Gasteiger partial charge in [0.1, 0.15) is 0 Å². The average molecular weight is 234 g/mol. The fraction of sp³-hybridized carbons (Fsp3) is 0.571. The number of anilines is 1. The van der Waals surface area contributed by atoms with Gasteiger partial charge in [0.05, 0.1) is 12.2 Å². The largest absolute Gasteiger partial charge is 0.372 e. The number of rotatable bonds is 3. The molecule has 0 aromatic heterocycles. The Labute approximate surface area is 104 Å². The minimum Gasteiger partial charge on any atom is -0.372 e. The summed E-state index contributed by atoms with van der Waals surface area (Å²) in [5.74, 6) is 0. The van der Waals surface area contributed by atoms with Gasteiger partial charge in [-0.3, -0.25) is 0 Å². The fourth-order valence-corrected chi connectivity index (χ4v) is 2.53. The molecule has 1 heterocycles. The van der Waals surface area contributed by atoms with E-state index in [2.05, 4.69) is 48.3 Å². The van der Waals surface area contributed by atoms with Gasteiger partial charge in [0.25, 0.3) is 0 Å². The Balaban J connectivity index is 2.20. The predicted molar refractivity (Wildman–Crippen MR) is 71.4 cm³/mol. The van der Waals surface area contributed by atoms with Crippen LogP contribution in [-0.4, -0.2) is 32.3 Å². The van der Waals surface area contributed by atoms with Gasteiger partial charge < -0.3 is 15.0 Å². The van der Waals surface area contributed by atoms with E-state index in [0.29, 0.717) is 12.2 Å². The summed E-state index contributed by atoms with van der Waals surface area (Å²) >= 11 is 0. The molecule has 2 rings (SSSR count). The van der Waals surface area contributed by atoms with Crippen LogP contribution >= 0.6 is 0 Å². The molecule has 1 aliphatic heterocycles. The molecular weight excluding hydrogens is 212 g/mol. The second-order valence-electron chi connectivity index (χ2n) is 4.82. The summed E-state index contributed by atoms with van der Waals surface area (Å²) in [7, 11) is 1.99. The van der Waals surface area contributed by atoms with Gasteiger partial charge in [-0.2, -0.15) is 0 Å². The summed E-state index contributed by atoms with van der Waals surface area (Å²) in [4.78, 5) is 2.44. The number of para-hydroxylation sites is 1. The van der Waals surface area contributed by atoms with Gasteiger partial charge in [0.2, 0.25) is 0 Å². The summed E-state index contributed by atoms with van der Waals surface area (Å²) < 4.78 is 5.78. The molecule has 0 radical (unpaired) electrons. The van der Waals surface area contributed by atoms with Crippen molar-refractivity contribution in [2.24, 2.45) is 0 Å². The average Bonchev–Trinajstić information content (AvgIpc) is 2.29. The van der Waals surface area contributed by atoms with Crippen molar-refractivity contribution in [3.63, 3.8) is 0 Å². The molecular formula is C14H22N2O. The van der Waals surface area contributed by atoms with Gasteiger partial charge in [0.15, 0.2) is 0 Å². The quantitative estimate of drug-likeness (QED) is 0.866. The highest BCUT2D eigenvalue weighted by atomic mass is 16.5. The van der Waals surface area contributed by atoms with Crippen molar-refractivity contribution in [3.8, 4) is 0 Å². The molecule has 0 bridgehead atoms. The number of benzene rings is 1. The van der Waals surface area contributed by atoms with Crippen LogP contribution in [0.4, 0.5) is 5.69 Å². The highest BCUT2D eigenvalue weighted by Gasteiger charge is 2.23. The van der Waals surface area contributed by atoms with Crippen LogP contribution in [0, 0.1) is 0 Å². The highest BCUT2D eigenvalue weighted by Crippen LogP contribution is 2.24. The first kappa shape index (κ1) is 12.4. The third-order valence-corrected chi connectivity index (χ3v) is 3.12. The van der Waals surface area contributed by atoms with E-state index in [9.17, 15) is 0 Å². The Morgan fingerprint density at radius 2 is 1.88 bits per heavy atom. The Bertz CT molecular complexity index is 357. The first-order valence-electron chi connectivity index (χ1n) is 6.33. The second kappa shape index (κ2) is 5.52. The Hall–Kier alpha value is -1.06. The molecule has 0 aliphatic carbocycles. The van der Waals surface area contributed by atoms with Crippen molar-refractivity contribution in [3.05, 3.63) is 29.8 Å². The Kier molecular flexibility index (Phi) is 4.02. The van der Waals surface area contributed by atoms with Crippen molar-refractivity contribution < 1.29 is 4.74 Å². The maximum absolute atomic E-state index is 5.78. The number of morpholine rings is 1. The predicted octanol–water partition coefficient (Wildman–Crippen LogP) is 2.02. The molecule has 1 aromatic carbocycles. The Morgan fingerprint density at radius 1 is 1.24 bits per heavy atom. The lowest BCUT2D eigenvalue weighted by atomic mass is 10.1. The lowest BCUT2D eigenvalue weighted by molar-refractivity contribution is -0.00526. The molecule has 3 nitrogen and oxygen atoms in total. The summed E-state index contributed by atoms with van der Waals surface area (Å²) in [6.45, 7) is 7.15. The molecule has 1 aromatic rings. The van der Waals surface area contributed by atoms with E-state index < -0.39 is 0 Å². The first-order valence-corrected chi connectivity index (χ1v) is 6.33. The second-order valence-corrected chi connectivity index (χ2v) is 4.82. The lowest BCUT2D eigenvalue weighted by Crippen LogP contribution is -2.45. The Morgan fingerprint density at radius 3 is 2.53 bits per heavy atom. The molecule has 0 spiro atoms. The smallest absolute Gasteiger partial charge is 0.0726 e. The van der Waals surface area contributed by atoms with Crippen LogP contribution in [0.5, 0.6) is 0 Å². The standard InChI is InChI=1S/C14H22N2O/c1-11-9-16(10-12(2)17-11)14-7-5-4-6-13(14)8-15-3/h4-7,11-12,15H,8-10H2,1-3H3. The number of hydrogen-bond donors (Lipinski definition) is 1. The molecule has 1 aliphatic rings. The molecule has 94 valence electrons. The summed E-state index contributed by atoms with van der Waals surface area (Å²) in [6, 6.07) is 8.61. The lowest BCUT2D eigenvalue weighted by Gasteiger charge is -2.37. The van der Waals surface area contributed by atoms with Gasteiger partial charge in [-0.25, -0.2) is 0 Å². The monoisotopic (exact) mass is 234 g/mol. The van der Waals surface area contributed by atoms with E-state index in [0.717, 1.165) is 19.6 Å². The fourth-order valence-electron chi connectivity index (χ4n) is 2.53. The molecule has 1 saturated heterocycles. The van der Waals surface area contributed by atoms with Crippen molar-refractivity contribution in [1.82, 2.24) is 5.32 Å². The SMILES string of the molecule is CNCc1ccccc1N1CC(C)OC(C)C1. The first-order chi connectivity index (χ1) is 8.20. The van der Waals surface area contributed by atoms with Crippen molar-refractivity contribution >= 4 is 5.69 Å². The molecule has 2 unspecified atom stereocenters. The van der Waals surface area contributed by atoms with E-state index >= 15 is 0 Å². The number of hydrogen-bond acceptors (Lipinski definition) is 3. The van der Waals surface area contributed by atoms with Gasteiger partial charge in [0, 0.05) is 25.3 Å². The third kappa shape index (κ3) is 2.99. The van der Waals surface area contributed by atoms with Crippen LogP contribution in [0.15, 0.2) is 24.3 Å². The van der Waals surface area contributed by atoms with Crippen LogP contribution in [0.1, 0.15) is 19.4 Å². The summed E-state index contributed by atoms with van der Waals surface area (Å²) in [6.07, 6.45) is 0.614. The minimum absolute atomic E-state index is 0.307. The van der Waals surface area contributed by atoms with Gasteiger partial charge in [-0.05, 0) is 32.5 Å². The third-order valence-electron chi connectivity index (χ3n) is 3.12. The zero-order valence-electron chi connectivity index (χ0n) is 10.9. The molecule has 0 amide bonds. The van der Waals surface area contributed by atoms with Crippen LogP contribution in [0.25, 0.3) is 0 Å². The van der Waals surface area contributed by atoms with Crippen LogP contribution in [-0.2, 0) is 11.3 Å². The van der Waals surface area contributed by atoms with Crippen LogP contribution < -0.4 is 10.2 Å².